The third-order valence-electron chi connectivity index (χ3n) is 3.39. The monoisotopic (exact) mass is 306 g/mol. The number of anilines is 1. The van der Waals surface area contributed by atoms with E-state index < -0.39 is 0 Å². The molecule has 0 aromatic heterocycles. The van der Waals surface area contributed by atoms with E-state index >= 15 is 0 Å². The van der Waals surface area contributed by atoms with Crippen LogP contribution in [0.4, 0.5) is 5.69 Å². The Bertz CT molecular complexity index is 756. The molecule has 4 nitrogen and oxygen atoms in total. The maximum atomic E-state index is 11.9. The number of carbonyl (C=O) groups is 1. The molecule has 4 heteroatoms. The molecule has 0 aliphatic rings. The van der Waals surface area contributed by atoms with E-state index in [1.165, 1.54) is 11.6 Å². The number of amides is 1. The summed E-state index contributed by atoms with van der Waals surface area (Å²) < 4.78 is 5.17. The van der Waals surface area contributed by atoms with E-state index in [2.05, 4.69) is 5.32 Å². The van der Waals surface area contributed by atoms with Crippen molar-refractivity contribution in [3.8, 4) is 11.8 Å². The zero-order valence-electron chi connectivity index (χ0n) is 13.2. The van der Waals surface area contributed by atoms with Gasteiger partial charge in [-0.3, -0.25) is 4.79 Å². The predicted molar refractivity (Wildman–Crippen MR) is 91.1 cm³/mol. The average molecular weight is 306 g/mol. The summed E-state index contributed by atoms with van der Waals surface area (Å²) in [7, 11) is 0. The molecule has 116 valence electrons. The molecule has 0 radical (unpaired) electrons. The number of ether oxygens (including phenoxy) is 1. The molecular weight excluding hydrogens is 288 g/mol. The standard InChI is InChI=1S/C19H18N2O2/c1-14-3-7-17(13-15(14)2)21-19(22)10-6-16-4-8-18(9-5-16)23-12-11-20/h3-10,13H,12H2,1-2H3,(H,21,22)/b10-6+. The van der Waals surface area contributed by atoms with Crippen molar-refractivity contribution in [3.63, 3.8) is 0 Å². The number of carbonyl (C=O) groups excluding carboxylic acids is 1. The van der Waals surface area contributed by atoms with Gasteiger partial charge in [-0.05, 0) is 60.9 Å². The summed E-state index contributed by atoms with van der Waals surface area (Å²) in [6.45, 7) is 4.06. The van der Waals surface area contributed by atoms with Gasteiger partial charge < -0.3 is 10.1 Å². The SMILES string of the molecule is Cc1ccc(NC(=O)/C=C/c2ccc(OCC#N)cc2)cc1C. The molecule has 0 aliphatic heterocycles. The van der Waals surface area contributed by atoms with Crippen molar-refractivity contribution in [3.05, 3.63) is 65.2 Å². The van der Waals surface area contributed by atoms with Crippen LogP contribution < -0.4 is 10.1 Å². The summed E-state index contributed by atoms with van der Waals surface area (Å²) in [4.78, 5) is 11.9. The second kappa shape index (κ2) is 7.81. The number of hydrogen-bond donors (Lipinski definition) is 1. The number of nitrogens with one attached hydrogen (secondary N) is 1. The van der Waals surface area contributed by atoms with Crippen LogP contribution in [0.3, 0.4) is 0 Å². The van der Waals surface area contributed by atoms with Gasteiger partial charge in [-0.15, -0.1) is 0 Å². The number of hydrogen-bond acceptors (Lipinski definition) is 3. The molecule has 0 bridgehead atoms. The Morgan fingerprint density at radius 3 is 2.57 bits per heavy atom. The highest BCUT2D eigenvalue weighted by Gasteiger charge is 2.00. The van der Waals surface area contributed by atoms with Crippen LogP contribution in [0.1, 0.15) is 16.7 Å². The maximum absolute atomic E-state index is 11.9. The molecule has 0 atom stereocenters. The van der Waals surface area contributed by atoms with Gasteiger partial charge in [-0.1, -0.05) is 18.2 Å². The van der Waals surface area contributed by atoms with Gasteiger partial charge in [0.15, 0.2) is 6.61 Å². The van der Waals surface area contributed by atoms with Crippen LogP contribution in [0.25, 0.3) is 6.08 Å². The van der Waals surface area contributed by atoms with Gasteiger partial charge in [0, 0.05) is 11.8 Å². The summed E-state index contributed by atoms with van der Waals surface area (Å²) in [6, 6.07) is 14.9. The first-order chi connectivity index (χ1) is 11.1. The van der Waals surface area contributed by atoms with Gasteiger partial charge in [-0.25, -0.2) is 0 Å². The molecule has 0 saturated heterocycles. The molecule has 0 unspecified atom stereocenters. The molecule has 2 aromatic carbocycles. The fourth-order valence-electron chi connectivity index (χ4n) is 1.97. The summed E-state index contributed by atoms with van der Waals surface area (Å²) in [6.07, 6.45) is 3.21. The molecule has 1 N–H and O–H groups in total. The van der Waals surface area contributed by atoms with Crippen LogP contribution in [0.15, 0.2) is 48.5 Å². The van der Waals surface area contributed by atoms with Crippen LogP contribution in [0.5, 0.6) is 5.75 Å². The second-order valence-corrected chi connectivity index (χ2v) is 5.14. The zero-order valence-corrected chi connectivity index (χ0v) is 13.2. The number of nitrogens with zero attached hydrogens (tertiary/aromatic N) is 1. The summed E-state index contributed by atoms with van der Waals surface area (Å²) in [5.41, 5.74) is 3.99. The number of benzene rings is 2. The smallest absolute Gasteiger partial charge is 0.248 e. The van der Waals surface area contributed by atoms with Gasteiger partial charge in [0.1, 0.15) is 11.8 Å². The Morgan fingerprint density at radius 1 is 1.17 bits per heavy atom. The quantitative estimate of drug-likeness (QED) is 0.853. The summed E-state index contributed by atoms with van der Waals surface area (Å²) in [5, 5.41) is 11.3. The Balaban J connectivity index is 1.95. The van der Waals surface area contributed by atoms with E-state index in [1.807, 2.05) is 50.2 Å². The lowest BCUT2D eigenvalue weighted by molar-refractivity contribution is -0.111. The minimum Gasteiger partial charge on any atom is -0.479 e. The van der Waals surface area contributed by atoms with Crippen molar-refractivity contribution in [2.45, 2.75) is 13.8 Å². The van der Waals surface area contributed by atoms with Crippen molar-refractivity contribution >= 4 is 17.7 Å². The molecule has 0 aliphatic carbocycles. The maximum Gasteiger partial charge on any atom is 0.248 e. The summed E-state index contributed by atoms with van der Waals surface area (Å²) in [5.74, 6) is 0.446. The molecule has 0 spiro atoms. The van der Waals surface area contributed by atoms with Crippen LogP contribution in [0.2, 0.25) is 0 Å². The number of aryl methyl sites for hydroxylation is 2. The van der Waals surface area contributed by atoms with E-state index in [0.717, 1.165) is 16.8 Å². The molecule has 1 amide bonds. The number of rotatable bonds is 5. The van der Waals surface area contributed by atoms with Crippen molar-refractivity contribution in [2.75, 3.05) is 11.9 Å². The van der Waals surface area contributed by atoms with Crippen LogP contribution >= 0.6 is 0 Å². The van der Waals surface area contributed by atoms with Gasteiger partial charge in [0.25, 0.3) is 0 Å². The van der Waals surface area contributed by atoms with Crippen molar-refractivity contribution in [1.29, 1.82) is 5.26 Å². The molecule has 0 saturated carbocycles. The fourth-order valence-corrected chi connectivity index (χ4v) is 1.97. The molecular formula is C19H18N2O2. The minimum atomic E-state index is -0.182. The molecule has 0 fully saturated rings. The second-order valence-electron chi connectivity index (χ2n) is 5.14. The first-order valence-corrected chi connectivity index (χ1v) is 7.24. The van der Waals surface area contributed by atoms with Crippen molar-refractivity contribution < 1.29 is 9.53 Å². The lowest BCUT2D eigenvalue weighted by Crippen LogP contribution is -2.07. The summed E-state index contributed by atoms with van der Waals surface area (Å²) >= 11 is 0. The van der Waals surface area contributed by atoms with Crippen LogP contribution in [-0.2, 0) is 4.79 Å². The Labute approximate surface area is 136 Å². The fraction of sp³-hybridized carbons (Fsp3) is 0.158. The Hall–Kier alpha value is -3.06. The predicted octanol–water partition coefficient (Wildman–Crippen LogP) is 3.86. The van der Waals surface area contributed by atoms with Crippen molar-refractivity contribution in [2.24, 2.45) is 0 Å². The van der Waals surface area contributed by atoms with Gasteiger partial charge in [-0.2, -0.15) is 5.26 Å². The normalized spacial score (nSPS) is 10.3. The molecule has 2 rings (SSSR count). The Morgan fingerprint density at radius 2 is 1.91 bits per heavy atom. The Kier molecular flexibility index (Phi) is 5.54. The number of nitriles is 1. The van der Waals surface area contributed by atoms with Gasteiger partial charge in [0.2, 0.25) is 5.91 Å². The lowest BCUT2D eigenvalue weighted by atomic mass is 10.1. The average Bonchev–Trinajstić information content (AvgIpc) is 2.55. The van der Waals surface area contributed by atoms with Gasteiger partial charge in [0.05, 0.1) is 0 Å². The third-order valence-corrected chi connectivity index (χ3v) is 3.39. The highest BCUT2D eigenvalue weighted by Crippen LogP contribution is 2.15. The van der Waals surface area contributed by atoms with Crippen molar-refractivity contribution in [1.82, 2.24) is 0 Å². The zero-order chi connectivity index (χ0) is 16.7. The largest absolute Gasteiger partial charge is 0.479 e. The van der Waals surface area contributed by atoms with Crippen LogP contribution in [-0.4, -0.2) is 12.5 Å². The van der Waals surface area contributed by atoms with E-state index in [-0.39, 0.29) is 12.5 Å². The topological polar surface area (TPSA) is 62.1 Å². The van der Waals surface area contributed by atoms with Gasteiger partial charge >= 0.3 is 0 Å². The van der Waals surface area contributed by atoms with E-state index in [0.29, 0.717) is 5.75 Å². The molecule has 2 aromatic rings. The van der Waals surface area contributed by atoms with E-state index in [4.69, 9.17) is 10.00 Å². The minimum absolute atomic E-state index is 0.0214. The highest BCUT2D eigenvalue weighted by atomic mass is 16.5. The van der Waals surface area contributed by atoms with E-state index in [9.17, 15) is 4.79 Å². The highest BCUT2D eigenvalue weighted by molar-refractivity contribution is 6.01. The van der Waals surface area contributed by atoms with Crippen LogP contribution in [0, 0.1) is 25.2 Å². The molecule has 23 heavy (non-hydrogen) atoms. The first kappa shape index (κ1) is 16.3. The molecule has 0 heterocycles. The third kappa shape index (κ3) is 5.01. The van der Waals surface area contributed by atoms with E-state index in [1.54, 1.807) is 18.2 Å². The first-order valence-electron chi connectivity index (χ1n) is 7.24. The lowest BCUT2D eigenvalue weighted by Gasteiger charge is -2.05.